The molecule has 2 aromatic carbocycles. The SMILES string of the molecule is [2H]C(Oc1ccc(C2CC2c2cccc(C(=O)O)c2)c(C(F)(F)F)n1)c1c(-c2c(Cl)cccc2Cl)noc1C1CC1. The van der Waals surface area contributed by atoms with Crippen molar-refractivity contribution < 1.29 is 33.7 Å². The fraction of sp³-hybridized carbons (Fsp3) is 0.276. The number of nitrogens with zero attached hydrogens (tertiary/aromatic N) is 2. The van der Waals surface area contributed by atoms with Crippen LogP contribution >= 0.6 is 23.2 Å². The van der Waals surface area contributed by atoms with Crippen molar-refractivity contribution in [1.29, 1.82) is 0 Å². The van der Waals surface area contributed by atoms with Crippen LogP contribution in [0, 0.1) is 0 Å². The van der Waals surface area contributed by atoms with Gasteiger partial charge in [-0.05, 0) is 66.5 Å². The number of pyridine rings is 1. The highest BCUT2D eigenvalue weighted by molar-refractivity contribution is 6.39. The molecule has 6 rings (SSSR count). The Morgan fingerprint density at radius 1 is 1.10 bits per heavy atom. The normalized spacial score (nSPS) is 19.7. The molecule has 0 radical (unpaired) electrons. The van der Waals surface area contributed by atoms with Crippen LogP contribution < -0.4 is 4.74 Å². The molecule has 0 spiro atoms. The smallest absolute Gasteiger partial charge is 0.433 e. The van der Waals surface area contributed by atoms with E-state index in [1.165, 1.54) is 24.3 Å². The van der Waals surface area contributed by atoms with Crippen molar-refractivity contribution in [2.24, 2.45) is 0 Å². The number of hydrogen-bond acceptors (Lipinski definition) is 5. The van der Waals surface area contributed by atoms with E-state index in [2.05, 4.69) is 10.1 Å². The molecule has 3 atom stereocenters. The Morgan fingerprint density at radius 2 is 1.82 bits per heavy atom. The number of carboxylic acids is 1. The highest BCUT2D eigenvalue weighted by Gasteiger charge is 2.46. The van der Waals surface area contributed by atoms with Crippen LogP contribution in [0.3, 0.4) is 0 Å². The Bertz CT molecular complexity index is 1640. The van der Waals surface area contributed by atoms with E-state index in [0.717, 1.165) is 12.8 Å². The van der Waals surface area contributed by atoms with Crippen LogP contribution in [0.1, 0.15) is 76.9 Å². The minimum Gasteiger partial charge on any atom is -0.478 e. The third-order valence-electron chi connectivity index (χ3n) is 7.12. The first kappa shape index (κ1) is 25.4. The fourth-order valence-electron chi connectivity index (χ4n) is 4.94. The third kappa shape index (κ3) is 5.15. The summed E-state index contributed by atoms with van der Waals surface area (Å²) in [6, 6.07) is 13.7. The highest BCUT2D eigenvalue weighted by atomic mass is 35.5. The molecule has 1 N–H and O–H groups in total. The van der Waals surface area contributed by atoms with Gasteiger partial charge in [0.25, 0.3) is 0 Å². The van der Waals surface area contributed by atoms with Gasteiger partial charge in [0.2, 0.25) is 5.88 Å². The number of alkyl halides is 3. The van der Waals surface area contributed by atoms with Crippen molar-refractivity contribution in [3.05, 3.63) is 98.4 Å². The predicted molar refractivity (Wildman–Crippen MR) is 141 cm³/mol. The van der Waals surface area contributed by atoms with E-state index < -0.39 is 30.3 Å². The molecular weight excluding hydrogens is 568 g/mol. The van der Waals surface area contributed by atoms with Crippen molar-refractivity contribution in [2.45, 2.75) is 49.8 Å². The van der Waals surface area contributed by atoms with E-state index in [0.29, 0.717) is 23.3 Å². The Kier molecular flexibility index (Phi) is 6.43. The topological polar surface area (TPSA) is 85.5 Å². The molecular formula is C29H21Cl2F3N2O4. The van der Waals surface area contributed by atoms with Gasteiger partial charge < -0.3 is 14.4 Å². The highest BCUT2D eigenvalue weighted by Crippen LogP contribution is 2.57. The minimum atomic E-state index is -4.78. The van der Waals surface area contributed by atoms with Gasteiger partial charge in [-0.1, -0.05) is 52.6 Å². The number of carbonyl (C=O) groups is 1. The van der Waals surface area contributed by atoms with Gasteiger partial charge in [0.15, 0.2) is 5.69 Å². The molecule has 2 heterocycles. The second-order valence-electron chi connectivity index (χ2n) is 9.88. The van der Waals surface area contributed by atoms with Crippen LogP contribution in [-0.2, 0) is 12.8 Å². The van der Waals surface area contributed by atoms with Crippen LogP contribution in [0.2, 0.25) is 10.0 Å². The Labute approximate surface area is 238 Å². The Hall–Kier alpha value is -3.56. The summed E-state index contributed by atoms with van der Waals surface area (Å²) < 4.78 is 62.5. The molecule has 0 saturated heterocycles. The molecule has 0 amide bonds. The molecule has 3 unspecified atom stereocenters. The summed E-state index contributed by atoms with van der Waals surface area (Å²) in [4.78, 5) is 15.1. The molecule has 4 aromatic rings. The van der Waals surface area contributed by atoms with E-state index in [1.54, 1.807) is 30.3 Å². The lowest BCUT2D eigenvalue weighted by Gasteiger charge is -2.15. The predicted octanol–water partition coefficient (Wildman–Crippen LogP) is 8.49. The fourth-order valence-corrected chi connectivity index (χ4v) is 5.52. The molecule has 206 valence electrons. The van der Waals surface area contributed by atoms with E-state index in [1.807, 2.05) is 0 Å². The van der Waals surface area contributed by atoms with Crippen LogP contribution in [-0.4, -0.2) is 21.2 Å². The monoisotopic (exact) mass is 589 g/mol. The molecule has 0 aliphatic heterocycles. The first-order valence-electron chi connectivity index (χ1n) is 13.0. The van der Waals surface area contributed by atoms with Gasteiger partial charge in [0.1, 0.15) is 18.0 Å². The summed E-state index contributed by atoms with van der Waals surface area (Å²) in [7, 11) is 0. The zero-order chi connectivity index (χ0) is 29.1. The number of rotatable bonds is 8. The first-order chi connectivity index (χ1) is 19.5. The van der Waals surface area contributed by atoms with Crippen molar-refractivity contribution in [3.8, 4) is 17.1 Å². The first-order valence-corrected chi connectivity index (χ1v) is 13.2. The van der Waals surface area contributed by atoms with Crippen LogP contribution in [0.5, 0.6) is 5.88 Å². The van der Waals surface area contributed by atoms with Crippen LogP contribution in [0.25, 0.3) is 11.3 Å². The lowest BCUT2D eigenvalue weighted by Crippen LogP contribution is -2.13. The Balaban J connectivity index is 1.31. The zero-order valence-electron chi connectivity index (χ0n) is 21.6. The number of carboxylic acid groups (broad SMARTS) is 1. The van der Waals surface area contributed by atoms with Crippen molar-refractivity contribution >= 4 is 29.2 Å². The average Bonchev–Trinajstić information content (AvgIpc) is 3.86. The maximum atomic E-state index is 14.2. The summed E-state index contributed by atoms with van der Waals surface area (Å²) in [5.74, 6) is -1.83. The summed E-state index contributed by atoms with van der Waals surface area (Å²) in [6.07, 6.45) is -2.74. The molecule has 0 bridgehead atoms. The maximum absolute atomic E-state index is 14.2. The quantitative estimate of drug-likeness (QED) is 0.222. The molecule has 11 heteroatoms. The van der Waals surface area contributed by atoms with Crippen molar-refractivity contribution in [3.63, 3.8) is 0 Å². The lowest BCUT2D eigenvalue weighted by atomic mass is 10.0. The lowest BCUT2D eigenvalue weighted by molar-refractivity contribution is -0.142. The largest absolute Gasteiger partial charge is 0.478 e. The second kappa shape index (κ2) is 10.1. The molecule has 2 aliphatic carbocycles. The number of halogens is 5. The minimum absolute atomic E-state index is 0.00991. The van der Waals surface area contributed by atoms with Crippen LogP contribution in [0.4, 0.5) is 13.2 Å². The number of aromatic nitrogens is 2. The third-order valence-corrected chi connectivity index (χ3v) is 7.75. The molecule has 2 aromatic heterocycles. The number of aromatic carboxylic acids is 1. The standard InChI is InChI=1S/C29H21Cl2F3N2O4/c30-21-5-2-6-22(31)24(21)25-20(26(40-36-25)14-7-8-14)13-39-23-10-9-17(27(35-23)29(32,33)34)19-12-18(19)15-3-1-4-16(11-15)28(37)38/h1-6,9-11,14,18-19H,7-8,12-13H2,(H,37,38)/i13D. The molecule has 2 aliphatic rings. The molecule has 6 nitrogen and oxygen atoms in total. The number of hydrogen-bond donors (Lipinski definition) is 1. The number of benzene rings is 2. The van der Waals surface area contributed by atoms with Gasteiger partial charge in [0.05, 0.1) is 22.5 Å². The second-order valence-corrected chi connectivity index (χ2v) is 10.7. The van der Waals surface area contributed by atoms with Crippen molar-refractivity contribution in [2.75, 3.05) is 0 Å². The van der Waals surface area contributed by atoms with Gasteiger partial charge in [-0.25, -0.2) is 9.78 Å². The maximum Gasteiger partial charge on any atom is 0.433 e. The molecule has 40 heavy (non-hydrogen) atoms. The molecule has 2 saturated carbocycles. The summed E-state index contributed by atoms with van der Waals surface area (Å²) in [5, 5.41) is 13.9. The van der Waals surface area contributed by atoms with E-state index >= 15 is 0 Å². The number of ether oxygens (including phenoxy) is 1. The molecule has 2 fully saturated rings. The summed E-state index contributed by atoms with van der Waals surface area (Å²) in [5.41, 5.74) is 0.385. The van der Waals surface area contributed by atoms with Gasteiger partial charge in [0, 0.05) is 17.5 Å². The van der Waals surface area contributed by atoms with E-state index in [-0.39, 0.29) is 50.1 Å². The zero-order valence-corrected chi connectivity index (χ0v) is 22.1. The van der Waals surface area contributed by atoms with Crippen LogP contribution in [0.15, 0.2) is 59.1 Å². The van der Waals surface area contributed by atoms with E-state index in [9.17, 15) is 23.1 Å². The van der Waals surface area contributed by atoms with Gasteiger partial charge in [-0.2, -0.15) is 13.2 Å². The Morgan fingerprint density at radius 3 is 2.50 bits per heavy atom. The van der Waals surface area contributed by atoms with Gasteiger partial charge in [-0.15, -0.1) is 0 Å². The van der Waals surface area contributed by atoms with Gasteiger partial charge >= 0.3 is 12.1 Å². The van der Waals surface area contributed by atoms with Gasteiger partial charge in [-0.3, -0.25) is 0 Å². The van der Waals surface area contributed by atoms with Crippen molar-refractivity contribution in [1.82, 2.24) is 10.1 Å². The summed E-state index contributed by atoms with van der Waals surface area (Å²) in [6.45, 7) is -1.52. The van der Waals surface area contributed by atoms with E-state index in [4.69, 9.17) is 33.8 Å². The average molecular weight is 590 g/mol. The summed E-state index contributed by atoms with van der Waals surface area (Å²) >= 11 is 12.7.